The average molecular weight is 373 g/mol. The third-order valence-corrected chi connectivity index (χ3v) is 5.78. The SMILES string of the molecule is CC1(C)CN(C(=O)C2CCC2)CC2C(=O)N(c3ccc(F)cc3)C(=O)N2C1. The van der Waals surface area contributed by atoms with E-state index in [0.717, 1.165) is 24.2 Å². The molecule has 7 heteroatoms. The summed E-state index contributed by atoms with van der Waals surface area (Å²) in [6, 6.07) is 4.24. The fourth-order valence-electron chi connectivity index (χ4n) is 4.20. The van der Waals surface area contributed by atoms with Gasteiger partial charge in [-0.25, -0.2) is 14.1 Å². The van der Waals surface area contributed by atoms with E-state index in [4.69, 9.17) is 0 Å². The molecule has 6 nitrogen and oxygen atoms in total. The molecule has 27 heavy (non-hydrogen) atoms. The van der Waals surface area contributed by atoms with Gasteiger partial charge >= 0.3 is 6.03 Å². The zero-order valence-electron chi connectivity index (χ0n) is 15.7. The highest BCUT2D eigenvalue weighted by Crippen LogP contribution is 2.35. The molecule has 1 unspecified atom stereocenters. The summed E-state index contributed by atoms with van der Waals surface area (Å²) < 4.78 is 13.2. The molecule has 1 aliphatic carbocycles. The minimum absolute atomic E-state index is 0.0489. The van der Waals surface area contributed by atoms with Crippen LogP contribution < -0.4 is 4.90 Å². The lowest BCUT2D eigenvalue weighted by Gasteiger charge is -2.35. The average Bonchev–Trinajstić information content (AvgIpc) is 2.70. The number of hydrogen-bond donors (Lipinski definition) is 0. The van der Waals surface area contributed by atoms with Crippen LogP contribution in [0, 0.1) is 17.2 Å². The molecule has 0 aromatic heterocycles. The summed E-state index contributed by atoms with van der Waals surface area (Å²) in [5, 5.41) is 0. The van der Waals surface area contributed by atoms with Crippen molar-refractivity contribution in [1.29, 1.82) is 0 Å². The van der Waals surface area contributed by atoms with E-state index in [0.29, 0.717) is 18.8 Å². The number of hydrogen-bond acceptors (Lipinski definition) is 3. The second kappa shape index (κ2) is 6.32. The van der Waals surface area contributed by atoms with Gasteiger partial charge < -0.3 is 9.80 Å². The van der Waals surface area contributed by atoms with Crippen LogP contribution in [0.25, 0.3) is 0 Å². The number of anilines is 1. The van der Waals surface area contributed by atoms with Crippen molar-refractivity contribution in [3.63, 3.8) is 0 Å². The van der Waals surface area contributed by atoms with Crippen molar-refractivity contribution in [2.45, 2.75) is 39.2 Å². The van der Waals surface area contributed by atoms with Crippen LogP contribution in [0.5, 0.6) is 0 Å². The number of halogens is 1. The molecule has 0 radical (unpaired) electrons. The van der Waals surface area contributed by atoms with Crippen LogP contribution in [-0.2, 0) is 9.59 Å². The third kappa shape index (κ3) is 3.09. The highest BCUT2D eigenvalue weighted by molar-refractivity contribution is 6.21. The molecule has 1 atom stereocenters. The van der Waals surface area contributed by atoms with Gasteiger partial charge in [-0.1, -0.05) is 20.3 Å². The lowest BCUT2D eigenvalue weighted by molar-refractivity contribution is -0.139. The highest BCUT2D eigenvalue weighted by Gasteiger charge is 2.51. The number of nitrogens with zero attached hydrogens (tertiary/aromatic N) is 3. The lowest BCUT2D eigenvalue weighted by atomic mass is 9.83. The zero-order chi connectivity index (χ0) is 19.3. The van der Waals surface area contributed by atoms with E-state index < -0.39 is 17.9 Å². The van der Waals surface area contributed by atoms with Crippen LogP contribution in [-0.4, -0.2) is 53.3 Å². The molecule has 0 bridgehead atoms. The molecule has 1 aromatic rings. The summed E-state index contributed by atoms with van der Waals surface area (Å²) in [5.74, 6) is -0.633. The minimum Gasteiger partial charge on any atom is -0.339 e. The first kappa shape index (κ1) is 17.9. The summed E-state index contributed by atoms with van der Waals surface area (Å²) in [4.78, 5) is 43.3. The quantitative estimate of drug-likeness (QED) is 0.749. The molecular formula is C20H24FN3O3. The number of amides is 4. The molecule has 1 saturated carbocycles. The van der Waals surface area contributed by atoms with Gasteiger partial charge in [-0.3, -0.25) is 9.59 Å². The lowest BCUT2D eigenvalue weighted by Crippen LogP contribution is -2.47. The van der Waals surface area contributed by atoms with E-state index in [1.54, 1.807) is 9.80 Å². The maximum absolute atomic E-state index is 13.2. The monoisotopic (exact) mass is 373 g/mol. The molecule has 4 rings (SSSR count). The Bertz CT molecular complexity index is 788. The second-order valence-corrected chi connectivity index (χ2v) is 8.59. The van der Waals surface area contributed by atoms with Crippen LogP contribution in [0.4, 0.5) is 14.9 Å². The largest absolute Gasteiger partial charge is 0.339 e. The molecule has 4 amide bonds. The van der Waals surface area contributed by atoms with Crippen LogP contribution >= 0.6 is 0 Å². The smallest absolute Gasteiger partial charge is 0.332 e. The van der Waals surface area contributed by atoms with E-state index in [-0.39, 0.29) is 29.7 Å². The number of carbonyl (C=O) groups is 3. The molecule has 0 spiro atoms. The Kier molecular flexibility index (Phi) is 4.20. The Balaban J connectivity index is 1.64. The van der Waals surface area contributed by atoms with Crippen molar-refractivity contribution >= 4 is 23.5 Å². The Morgan fingerprint density at radius 3 is 2.37 bits per heavy atom. The Labute approximate surface area is 157 Å². The summed E-state index contributed by atoms with van der Waals surface area (Å²) in [6.45, 7) is 5.17. The van der Waals surface area contributed by atoms with Gasteiger partial charge in [-0.05, 0) is 37.1 Å². The van der Waals surface area contributed by atoms with E-state index in [1.807, 2.05) is 13.8 Å². The van der Waals surface area contributed by atoms with Crippen LogP contribution in [0.1, 0.15) is 33.1 Å². The number of rotatable bonds is 2. The van der Waals surface area contributed by atoms with Gasteiger partial charge in [0.25, 0.3) is 5.91 Å². The van der Waals surface area contributed by atoms with Gasteiger partial charge in [0, 0.05) is 24.4 Å². The molecule has 144 valence electrons. The second-order valence-electron chi connectivity index (χ2n) is 8.59. The highest BCUT2D eigenvalue weighted by atomic mass is 19.1. The maximum atomic E-state index is 13.2. The first-order chi connectivity index (χ1) is 12.8. The maximum Gasteiger partial charge on any atom is 0.332 e. The van der Waals surface area contributed by atoms with Gasteiger partial charge in [0.15, 0.2) is 0 Å². The Morgan fingerprint density at radius 2 is 1.78 bits per heavy atom. The number of benzene rings is 1. The van der Waals surface area contributed by atoms with E-state index in [2.05, 4.69) is 0 Å². The van der Waals surface area contributed by atoms with Gasteiger partial charge in [0.05, 0.1) is 12.2 Å². The van der Waals surface area contributed by atoms with Gasteiger partial charge in [0.1, 0.15) is 11.9 Å². The zero-order valence-corrected chi connectivity index (χ0v) is 15.7. The third-order valence-electron chi connectivity index (χ3n) is 5.78. The minimum atomic E-state index is -0.687. The van der Waals surface area contributed by atoms with Crippen LogP contribution in [0.3, 0.4) is 0 Å². The molecule has 2 saturated heterocycles. The molecule has 2 heterocycles. The van der Waals surface area contributed by atoms with Gasteiger partial charge in [0.2, 0.25) is 5.91 Å². The van der Waals surface area contributed by atoms with Crippen molar-refractivity contribution in [3.05, 3.63) is 30.1 Å². The van der Waals surface area contributed by atoms with Crippen molar-refractivity contribution in [2.24, 2.45) is 11.3 Å². The van der Waals surface area contributed by atoms with Crippen LogP contribution in [0.15, 0.2) is 24.3 Å². The molecule has 2 aliphatic heterocycles. The van der Waals surface area contributed by atoms with E-state index in [9.17, 15) is 18.8 Å². The van der Waals surface area contributed by atoms with Crippen molar-refractivity contribution in [2.75, 3.05) is 24.5 Å². The van der Waals surface area contributed by atoms with Crippen molar-refractivity contribution in [1.82, 2.24) is 9.80 Å². The van der Waals surface area contributed by atoms with E-state index >= 15 is 0 Å². The summed E-state index contributed by atoms with van der Waals surface area (Å²) >= 11 is 0. The first-order valence-electron chi connectivity index (χ1n) is 9.46. The normalized spacial score (nSPS) is 25.3. The predicted molar refractivity (Wildman–Crippen MR) is 97.5 cm³/mol. The summed E-state index contributed by atoms with van der Waals surface area (Å²) in [5.41, 5.74) is 0.0391. The van der Waals surface area contributed by atoms with Crippen molar-refractivity contribution < 1.29 is 18.8 Å². The number of fused-ring (bicyclic) bond motifs is 1. The molecule has 3 aliphatic rings. The Morgan fingerprint density at radius 1 is 1.11 bits per heavy atom. The molecule has 1 aromatic carbocycles. The summed E-state index contributed by atoms with van der Waals surface area (Å²) in [6.07, 6.45) is 2.87. The number of carbonyl (C=O) groups excluding carboxylic acids is 3. The molecular weight excluding hydrogens is 349 g/mol. The Hall–Kier alpha value is -2.44. The number of urea groups is 1. The topological polar surface area (TPSA) is 60.9 Å². The van der Waals surface area contributed by atoms with Gasteiger partial charge in [-0.15, -0.1) is 0 Å². The van der Waals surface area contributed by atoms with Crippen LogP contribution in [0.2, 0.25) is 0 Å². The predicted octanol–water partition coefficient (Wildman–Crippen LogP) is 2.63. The standard InChI is InChI=1S/C20H24FN3O3/c1-20(2)11-22(17(25)13-4-3-5-13)10-16-18(26)24(19(27)23(16)12-20)15-8-6-14(21)7-9-15/h6-9,13,16H,3-5,10-12H2,1-2H3. The molecule has 0 N–H and O–H groups in total. The number of imide groups is 1. The summed E-state index contributed by atoms with van der Waals surface area (Å²) in [7, 11) is 0. The van der Waals surface area contributed by atoms with Crippen molar-refractivity contribution in [3.8, 4) is 0 Å². The van der Waals surface area contributed by atoms with Gasteiger partial charge in [-0.2, -0.15) is 0 Å². The fraction of sp³-hybridized carbons (Fsp3) is 0.550. The van der Waals surface area contributed by atoms with E-state index in [1.165, 1.54) is 24.3 Å². The molecule has 3 fully saturated rings. The fourth-order valence-corrected chi connectivity index (χ4v) is 4.20. The first-order valence-corrected chi connectivity index (χ1v) is 9.46.